The van der Waals surface area contributed by atoms with Crippen LogP contribution in [-0.4, -0.2) is 44.3 Å². The van der Waals surface area contributed by atoms with Crippen LogP contribution in [0.15, 0.2) is 53.5 Å². The van der Waals surface area contributed by atoms with Gasteiger partial charge in [-0.15, -0.1) is 0 Å². The first-order valence-electron chi connectivity index (χ1n) is 8.83. The van der Waals surface area contributed by atoms with E-state index in [2.05, 4.69) is 33.4 Å². The topological polar surface area (TPSA) is 72.1 Å². The zero-order valence-electron chi connectivity index (χ0n) is 15.1. The van der Waals surface area contributed by atoms with E-state index in [1.165, 1.54) is 11.1 Å². The highest BCUT2D eigenvalue weighted by molar-refractivity contribution is 5.93. The summed E-state index contributed by atoms with van der Waals surface area (Å²) in [7, 11) is 1.63. The van der Waals surface area contributed by atoms with Crippen LogP contribution in [-0.2, 0) is 17.8 Å². The molecule has 3 N–H and O–H groups in total. The lowest BCUT2D eigenvalue weighted by Crippen LogP contribution is -2.35. The summed E-state index contributed by atoms with van der Waals surface area (Å²) < 4.78 is 10.7. The molecule has 6 heteroatoms. The molecule has 2 aromatic rings. The largest absolute Gasteiger partial charge is 0.495 e. The highest BCUT2D eigenvalue weighted by Crippen LogP contribution is 2.22. The Hall–Kier alpha value is -2.57. The maximum Gasteiger partial charge on any atom is 0.193 e. The summed E-state index contributed by atoms with van der Waals surface area (Å²) in [5.41, 5.74) is 9.34. The Morgan fingerprint density at radius 3 is 2.58 bits per heavy atom. The molecule has 1 saturated heterocycles. The van der Waals surface area contributed by atoms with Crippen LogP contribution in [0.2, 0.25) is 0 Å². The molecule has 1 aliphatic rings. The van der Waals surface area contributed by atoms with Crippen molar-refractivity contribution in [2.75, 3.05) is 38.7 Å². The molecule has 0 radical (unpaired) electrons. The van der Waals surface area contributed by atoms with Crippen molar-refractivity contribution in [3.63, 3.8) is 0 Å². The molecule has 2 aromatic carbocycles. The van der Waals surface area contributed by atoms with Gasteiger partial charge in [0.15, 0.2) is 5.96 Å². The van der Waals surface area contributed by atoms with Crippen molar-refractivity contribution in [2.45, 2.75) is 13.1 Å². The number of nitrogens with two attached hydrogens (primary N) is 1. The van der Waals surface area contributed by atoms with E-state index < -0.39 is 0 Å². The Morgan fingerprint density at radius 1 is 1.12 bits per heavy atom. The van der Waals surface area contributed by atoms with Crippen LogP contribution < -0.4 is 15.8 Å². The standard InChI is InChI=1S/C20H26N4O2/c1-25-19-9-5-4-8-18(19)23-20(21)22-14-16-6-2-3-7-17(16)15-24-10-12-26-13-11-24/h2-9H,10-15H2,1H3,(H3,21,22,23). The molecule has 0 aromatic heterocycles. The lowest BCUT2D eigenvalue weighted by Gasteiger charge is -2.27. The minimum absolute atomic E-state index is 0.371. The molecule has 0 saturated carbocycles. The zero-order chi connectivity index (χ0) is 18.2. The molecule has 26 heavy (non-hydrogen) atoms. The van der Waals surface area contributed by atoms with Gasteiger partial charge < -0.3 is 20.5 Å². The Bertz CT molecular complexity index is 742. The number of anilines is 1. The number of morpholine rings is 1. The number of nitrogens with zero attached hydrogens (tertiary/aromatic N) is 2. The number of ether oxygens (including phenoxy) is 2. The van der Waals surface area contributed by atoms with Gasteiger partial charge in [0.25, 0.3) is 0 Å². The van der Waals surface area contributed by atoms with Crippen molar-refractivity contribution in [2.24, 2.45) is 10.7 Å². The molecular weight excluding hydrogens is 328 g/mol. The quantitative estimate of drug-likeness (QED) is 0.616. The predicted molar refractivity (Wildman–Crippen MR) is 104 cm³/mol. The smallest absolute Gasteiger partial charge is 0.193 e. The third-order valence-electron chi connectivity index (χ3n) is 4.41. The van der Waals surface area contributed by atoms with Crippen LogP contribution >= 0.6 is 0 Å². The summed E-state index contributed by atoms with van der Waals surface area (Å²) in [4.78, 5) is 6.91. The van der Waals surface area contributed by atoms with Crippen molar-refractivity contribution in [1.82, 2.24) is 4.90 Å². The Labute approximate surface area is 154 Å². The lowest BCUT2D eigenvalue weighted by molar-refractivity contribution is 0.0341. The normalized spacial score (nSPS) is 15.7. The van der Waals surface area contributed by atoms with E-state index in [0.29, 0.717) is 12.5 Å². The maximum absolute atomic E-state index is 6.07. The fourth-order valence-electron chi connectivity index (χ4n) is 2.96. The third-order valence-corrected chi connectivity index (χ3v) is 4.41. The number of nitrogens with one attached hydrogen (secondary N) is 1. The van der Waals surface area contributed by atoms with Gasteiger partial charge in [0.2, 0.25) is 0 Å². The molecule has 0 aliphatic carbocycles. The summed E-state index contributed by atoms with van der Waals surface area (Å²) in [5.74, 6) is 1.11. The van der Waals surface area contributed by atoms with E-state index in [4.69, 9.17) is 15.2 Å². The fourth-order valence-corrected chi connectivity index (χ4v) is 2.96. The van der Waals surface area contributed by atoms with Crippen molar-refractivity contribution >= 4 is 11.6 Å². The Kier molecular flexibility index (Phi) is 6.46. The fraction of sp³-hybridized carbons (Fsp3) is 0.350. The van der Waals surface area contributed by atoms with Crippen molar-refractivity contribution in [3.05, 3.63) is 59.7 Å². The molecule has 1 fully saturated rings. The second-order valence-corrected chi connectivity index (χ2v) is 6.18. The van der Waals surface area contributed by atoms with E-state index in [-0.39, 0.29) is 0 Å². The van der Waals surface area contributed by atoms with Crippen molar-refractivity contribution in [3.8, 4) is 5.75 Å². The summed E-state index contributed by atoms with van der Waals surface area (Å²) in [5, 5.41) is 3.11. The molecule has 0 amide bonds. The minimum atomic E-state index is 0.371. The van der Waals surface area contributed by atoms with Gasteiger partial charge >= 0.3 is 0 Å². The maximum atomic E-state index is 6.07. The zero-order valence-corrected chi connectivity index (χ0v) is 15.1. The minimum Gasteiger partial charge on any atom is -0.495 e. The Morgan fingerprint density at radius 2 is 1.81 bits per heavy atom. The first-order valence-corrected chi connectivity index (χ1v) is 8.83. The summed E-state index contributed by atoms with van der Waals surface area (Å²) in [6.07, 6.45) is 0. The van der Waals surface area contributed by atoms with Crippen molar-refractivity contribution in [1.29, 1.82) is 0 Å². The Balaban J connectivity index is 1.65. The van der Waals surface area contributed by atoms with Crippen LogP contribution in [0.5, 0.6) is 5.75 Å². The highest BCUT2D eigenvalue weighted by atomic mass is 16.5. The summed E-state index contributed by atoms with van der Waals surface area (Å²) in [6, 6.07) is 16.0. The monoisotopic (exact) mass is 354 g/mol. The van der Waals surface area contributed by atoms with Gasteiger partial charge in [-0.05, 0) is 23.3 Å². The van der Waals surface area contributed by atoms with Gasteiger partial charge in [-0.25, -0.2) is 4.99 Å². The predicted octanol–water partition coefficient (Wildman–Crippen LogP) is 2.45. The number of guanidine groups is 1. The van der Waals surface area contributed by atoms with Crippen LogP contribution in [0.1, 0.15) is 11.1 Å². The molecule has 1 heterocycles. The molecule has 0 atom stereocenters. The molecule has 3 rings (SSSR count). The van der Waals surface area contributed by atoms with E-state index in [1.807, 2.05) is 30.3 Å². The number of rotatable bonds is 6. The van der Waals surface area contributed by atoms with Gasteiger partial charge in [-0.1, -0.05) is 36.4 Å². The SMILES string of the molecule is COc1ccccc1NC(N)=NCc1ccccc1CN1CCOCC1. The first kappa shape index (κ1) is 18.2. The highest BCUT2D eigenvalue weighted by Gasteiger charge is 2.12. The molecule has 138 valence electrons. The molecule has 6 nitrogen and oxygen atoms in total. The number of methoxy groups -OCH3 is 1. The summed E-state index contributed by atoms with van der Waals surface area (Å²) in [6.45, 7) is 4.99. The molecule has 0 bridgehead atoms. The number of hydrogen-bond acceptors (Lipinski definition) is 4. The van der Waals surface area contributed by atoms with Crippen molar-refractivity contribution < 1.29 is 9.47 Å². The molecule has 0 unspecified atom stereocenters. The van der Waals surface area contributed by atoms with Gasteiger partial charge in [-0.3, -0.25) is 4.90 Å². The lowest BCUT2D eigenvalue weighted by atomic mass is 10.1. The molecule has 0 spiro atoms. The van der Waals surface area contributed by atoms with E-state index in [1.54, 1.807) is 7.11 Å². The van der Waals surface area contributed by atoms with E-state index in [0.717, 1.165) is 44.3 Å². The molecular formula is C20H26N4O2. The number of para-hydroxylation sites is 2. The van der Waals surface area contributed by atoms with E-state index in [9.17, 15) is 0 Å². The van der Waals surface area contributed by atoms with Gasteiger partial charge in [-0.2, -0.15) is 0 Å². The van der Waals surface area contributed by atoms with Crippen LogP contribution in [0.4, 0.5) is 5.69 Å². The summed E-state index contributed by atoms with van der Waals surface area (Å²) >= 11 is 0. The number of hydrogen-bond donors (Lipinski definition) is 2. The number of benzene rings is 2. The van der Waals surface area contributed by atoms with Gasteiger partial charge in [0, 0.05) is 19.6 Å². The van der Waals surface area contributed by atoms with Crippen LogP contribution in [0.3, 0.4) is 0 Å². The van der Waals surface area contributed by atoms with Gasteiger partial charge in [0.05, 0.1) is 32.6 Å². The second kappa shape index (κ2) is 9.22. The number of aliphatic imine (C=N–C) groups is 1. The third kappa shape index (κ3) is 4.97. The van der Waals surface area contributed by atoms with Crippen LogP contribution in [0, 0.1) is 0 Å². The average molecular weight is 354 g/mol. The first-order chi connectivity index (χ1) is 12.8. The van der Waals surface area contributed by atoms with Crippen LogP contribution in [0.25, 0.3) is 0 Å². The average Bonchev–Trinajstić information content (AvgIpc) is 2.68. The van der Waals surface area contributed by atoms with E-state index >= 15 is 0 Å². The van der Waals surface area contributed by atoms with Gasteiger partial charge in [0.1, 0.15) is 5.75 Å². The second-order valence-electron chi connectivity index (χ2n) is 6.18. The molecule has 1 aliphatic heterocycles.